The third-order valence-corrected chi connectivity index (χ3v) is 3.42. The molecule has 2 amide bonds. The molecule has 0 spiro atoms. The molecule has 0 saturated heterocycles. The number of benzene rings is 1. The van der Waals surface area contributed by atoms with Crippen LogP contribution in [0.4, 0.5) is 0 Å². The number of nitrogens with one attached hydrogen (secondary N) is 2. The number of halogens is 1. The SMILES string of the molecule is CCCCNC(=O)C(CCC(=O)O)NC(=O)c1cccc(Cl)c1. The number of carboxylic acids is 1. The first-order valence-electron chi connectivity index (χ1n) is 7.50. The van der Waals surface area contributed by atoms with E-state index >= 15 is 0 Å². The normalized spacial score (nSPS) is 11.6. The number of unbranched alkanes of at least 4 members (excludes halogenated alkanes) is 1. The molecule has 1 atom stereocenters. The van der Waals surface area contributed by atoms with E-state index in [0.29, 0.717) is 17.1 Å². The van der Waals surface area contributed by atoms with Gasteiger partial charge in [-0.2, -0.15) is 0 Å². The van der Waals surface area contributed by atoms with E-state index in [1.807, 2.05) is 6.92 Å². The zero-order valence-electron chi connectivity index (χ0n) is 13.0. The fraction of sp³-hybridized carbons (Fsp3) is 0.438. The number of carboxylic acid groups (broad SMARTS) is 1. The van der Waals surface area contributed by atoms with Gasteiger partial charge in [0.05, 0.1) is 0 Å². The zero-order chi connectivity index (χ0) is 17.2. The average molecular weight is 341 g/mol. The van der Waals surface area contributed by atoms with Gasteiger partial charge in [0.15, 0.2) is 0 Å². The van der Waals surface area contributed by atoms with E-state index in [1.165, 1.54) is 6.07 Å². The molecule has 0 aliphatic carbocycles. The van der Waals surface area contributed by atoms with Crippen molar-refractivity contribution in [2.24, 2.45) is 0 Å². The minimum Gasteiger partial charge on any atom is -0.481 e. The number of amides is 2. The highest BCUT2D eigenvalue weighted by molar-refractivity contribution is 6.31. The van der Waals surface area contributed by atoms with Gasteiger partial charge in [-0.1, -0.05) is 31.0 Å². The van der Waals surface area contributed by atoms with Gasteiger partial charge in [0, 0.05) is 23.6 Å². The standard InChI is InChI=1S/C16H21ClN2O4/c1-2-3-9-18-16(23)13(7-8-14(20)21)19-15(22)11-5-4-6-12(17)10-11/h4-6,10,13H,2-3,7-9H2,1H3,(H,18,23)(H,19,22)(H,20,21). The van der Waals surface area contributed by atoms with Crippen molar-refractivity contribution in [2.45, 2.75) is 38.6 Å². The van der Waals surface area contributed by atoms with E-state index < -0.39 is 17.9 Å². The van der Waals surface area contributed by atoms with Gasteiger partial charge in [-0.25, -0.2) is 0 Å². The number of rotatable bonds is 9. The predicted octanol–water partition coefficient (Wildman–Crippen LogP) is 2.22. The number of hydrogen-bond acceptors (Lipinski definition) is 3. The van der Waals surface area contributed by atoms with Gasteiger partial charge in [0.25, 0.3) is 5.91 Å². The van der Waals surface area contributed by atoms with Crippen LogP contribution in [0.1, 0.15) is 43.0 Å². The number of carbonyl (C=O) groups excluding carboxylic acids is 2. The Labute approximate surface area is 140 Å². The van der Waals surface area contributed by atoms with Crippen LogP contribution >= 0.6 is 11.6 Å². The molecule has 1 aromatic rings. The van der Waals surface area contributed by atoms with Crippen LogP contribution in [0.5, 0.6) is 0 Å². The molecular formula is C16H21ClN2O4. The van der Waals surface area contributed by atoms with Crippen LogP contribution in [0.3, 0.4) is 0 Å². The van der Waals surface area contributed by atoms with Crippen LogP contribution in [0.2, 0.25) is 5.02 Å². The van der Waals surface area contributed by atoms with Crippen molar-refractivity contribution in [3.63, 3.8) is 0 Å². The first-order chi connectivity index (χ1) is 10.9. The smallest absolute Gasteiger partial charge is 0.303 e. The van der Waals surface area contributed by atoms with E-state index in [4.69, 9.17) is 16.7 Å². The lowest BCUT2D eigenvalue weighted by Crippen LogP contribution is -2.47. The summed E-state index contributed by atoms with van der Waals surface area (Å²) in [7, 11) is 0. The monoisotopic (exact) mass is 340 g/mol. The van der Waals surface area contributed by atoms with Gasteiger partial charge in [-0.3, -0.25) is 14.4 Å². The average Bonchev–Trinajstić information content (AvgIpc) is 2.51. The summed E-state index contributed by atoms with van der Waals surface area (Å²) < 4.78 is 0. The van der Waals surface area contributed by atoms with Gasteiger partial charge in [0.1, 0.15) is 6.04 Å². The molecule has 1 rings (SSSR count). The molecule has 0 heterocycles. The predicted molar refractivity (Wildman–Crippen MR) is 87.5 cm³/mol. The van der Waals surface area contributed by atoms with E-state index in [9.17, 15) is 14.4 Å². The summed E-state index contributed by atoms with van der Waals surface area (Å²) in [5, 5.41) is 14.5. The molecule has 7 heteroatoms. The molecule has 1 unspecified atom stereocenters. The summed E-state index contributed by atoms with van der Waals surface area (Å²) in [5.41, 5.74) is 0.319. The summed E-state index contributed by atoms with van der Waals surface area (Å²) in [6, 6.07) is 5.43. The van der Waals surface area contributed by atoms with E-state index in [0.717, 1.165) is 12.8 Å². The number of carbonyl (C=O) groups is 3. The van der Waals surface area contributed by atoms with Gasteiger partial charge >= 0.3 is 5.97 Å². The van der Waals surface area contributed by atoms with Crippen LogP contribution in [-0.2, 0) is 9.59 Å². The Hall–Kier alpha value is -2.08. The van der Waals surface area contributed by atoms with Crippen molar-refractivity contribution in [2.75, 3.05) is 6.54 Å². The van der Waals surface area contributed by atoms with Gasteiger partial charge in [0.2, 0.25) is 5.91 Å². The third-order valence-electron chi connectivity index (χ3n) is 3.19. The molecular weight excluding hydrogens is 320 g/mol. The molecule has 0 aromatic heterocycles. The summed E-state index contributed by atoms with van der Waals surface area (Å²) in [6.07, 6.45) is 1.57. The van der Waals surface area contributed by atoms with Crippen molar-refractivity contribution < 1.29 is 19.5 Å². The molecule has 0 fully saturated rings. The van der Waals surface area contributed by atoms with Crippen molar-refractivity contribution >= 4 is 29.4 Å². The Morgan fingerprint density at radius 1 is 1.30 bits per heavy atom. The third kappa shape index (κ3) is 7.15. The Morgan fingerprint density at radius 2 is 2.04 bits per heavy atom. The van der Waals surface area contributed by atoms with Crippen molar-refractivity contribution in [1.82, 2.24) is 10.6 Å². The second kappa shape index (κ2) is 9.84. The lowest BCUT2D eigenvalue weighted by molar-refractivity contribution is -0.137. The molecule has 0 aliphatic rings. The Morgan fingerprint density at radius 3 is 2.65 bits per heavy atom. The molecule has 0 radical (unpaired) electrons. The first-order valence-corrected chi connectivity index (χ1v) is 7.87. The zero-order valence-corrected chi connectivity index (χ0v) is 13.7. The van der Waals surface area contributed by atoms with E-state index in [1.54, 1.807) is 18.2 Å². The summed E-state index contributed by atoms with van der Waals surface area (Å²) in [4.78, 5) is 35.0. The fourth-order valence-electron chi connectivity index (χ4n) is 1.92. The summed E-state index contributed by atoms with van der Waals surface area (Å²) in [6.45, 7) is 2.49. The maximum atomic E-state index is 12.2. The van der Waals surface area contributed by atoms with Gasteiger partial charge < -0.3 is 15.7 Å². The van der Waals surface area contributed by atoms with Crippen molar-refractivity contribution in [1.29, 1.82) is 0 Å². The topological polar surface area (TPSA) is 95.5 Å². The van der Waals surface area contributed by atoms with Crippen molar-refractivity contribution in [3.05, 3.63) is 34.9 Å². The van der Waals surface area contributed by atoms with Crippen LogP contribution in [0.25, 0.3) is 0 Å². The molecule has 23 heavy (non-hydrogen) atoms. The number of aliphatic carboxylic acids is 1. The molecule has 126 valence electrons. The minimum absolute atomic E-state index is 0.0274. The molecule has 0 saturated carbocycles. The lowest BCUT2D eigenvalue weighted by Gasteiger charge is -2.18. The quantitative estimate of drug-likeness (QED) is 0.601. The highest BCUT2D eigenvalue weighted by Gasteiger charge is 2.22. The Bertz CT molecular complexity index is 563. The number of hydrogen-bond donors (Lipinski definition) is 3. The van der Waals surface area contributed by atoms with E-state index in [-0.39, 0.29) is 18.7 Å². The highest BCUT2D eigenvalue weighted by Crippen LogP contribution is 2.11. The van der Waals surface area contributed by atoms with Crippen LogP contribution in [0, 0.1) is 0 Å². The van der Waals surface area contributed by atoms with Crippen LogP contribution in [0.15, 0.2) is 24.3 Å². The second-order valence-electron chi connectivity index (χ2n) is 5.11. The summed E-state index contributed by atoms with van der Waals surface area (Å²) in [5.74, 6) is -1.86. The van der Waals surface area contributed by atoms with E-state index in [2.05, 4.69) is 10.6 Å². The summed E-state index contributed by atoms with van der Waals surface area (Å²) >= 11 is 5.84. The minimum atomic E-state index is -1.02. The Kier molecular flexibility index (Phi) is 8.11. The highest BCUT2D eigenvalue weighted by atomic mass is 35.5. The Balaban J connectivity index is 2.72. The van der Waals surface area contributed by atoms with Crippen LogP contribution < -0.4 is 10.6 Å². The largest absolute Gasteiger partial charge is 0.481 e. The fourth-order valence-corrected chi connectivity index (χ4v) is 2.11. The van der Waals surface area contributed by atoms with Crippen LogP contribution in [-0.4, -0.2) is 35.5 Å². The van der Waals surface area contributed by atoms with Crippen molar-refractivity contribution in [3.8, 4) is 0 Å². The molecule has 6 nitrogen and oxygen atoms in total. The maximum absolute atomic E-state index is 12.2. The van der Waals surface area contributed by atoms with Gasteiger partial charge in [-0.05, 0) is 31.0 Å². The lowest BCUT2D eigenvalue weighted by atomic mass is 10.1. The maximum Gasteiger partial charge on any atom is 0.303 e. The van der Waals surface area contributed by atoms with Gasteiger partial charge in [-0.15, -0.1) is 0 Å². The molecule has 0 bridgehead atoms. The molecule has 1 aromatic carbocycles. The molecule has 3 N–H and O–H groups in total. The second-order valence-corrected chi connectivity index (χ2v) is 5.55. The molecule has 0 aliphatic heterocycles. The first kappa shape index (κ1) is 19.0.